The van der Waals surface area contributed by atoms with E-state index in [4.69, 9.17) is 4.74 Å². The number of carbonyl (C=O) groups excluding carboxylic acids is 2. The number of imidazole rings is 1. The molecule has 5 rings (SSSR count). The van der Waals surface area contributed by atoms with E-state index < -0.39 is 15.9 Å². The number of fused-ring (bicyclic) bond motifs is 3. The first-order valence-electron chi connectivity index (χ1n) is 13.1. The highest BCUT2D eigenvalue weighted by molar-refractivity contribution is 7.91. The molecular formula is C25H35N5O6S. The molecule has 2 atom stereocenters. The smallest absolute Gasteiger partial charge is 0.410 e. The molecule has 0 saturated carbocycles. The highest BCUT2D eigenvalue weighted by atomic mass is 32.2. The van der Waals surface area contributed by atoms with Crippen LogP contribution in [0.3, 0.4) is 0 Å². The van der Waals surface area contributed by atoms with Gasteiger partial charge in [0.15, 0.2) is 9.84 Å². The highest BCUT2D eigenvalue weighted by Crippen LogP contribution is 2.35. The Hall–Kier alpha value is -2.86. The summed E-state index contributed by atoms with van der Waals surface area (Å²) in [5.41, 5.74) is 1.04. The molecular weight excluding hydrogens is 498 g/mol. The number of rotatable bonds is 6. The molecule has 2 bridgehead atoms. The van der Waals surface area contributed by atoms with Crippen molar-refractivity contribution in [2.24, 2.45) is 0 Å². The van der Waals surface area contributed by atoms with Gasteiger partial charge in [-0.15, -0.1) is 0 Å². The molecule has 3 aliphatic rings. The van der Waals surface area contributed by atoms with E-state index in [1.807, 2.05) is 32.0 Å². The van der Waals surface area contributed by atoms with Crippen molar-refractivity contribution < 1.29 is 22.7 Å². The number of aromatic nitrogens is 2. The number of hydrogen-bond donors (Lipinski definition) is 1. The van der Waals surface area contributed by atoms with Gasteiger partial charge in [0, 0.05) is 37.3 Å². The minimum Gasteiger partial charge on any atom is -0.449 e. The second-order valence-electron chi connectivity index (χ2n) is 10.6. The standard InChI is InChI=1S/C25H35N5O6S/c1-17(2)29-21-6-3-4-7-22(21)30(24(29)32)23(31)26-18-14-19-8-9-20(15-18)28(19)10-5-12-36-25(33)27-11-13-37(34,35)16-27/h3-4,6-7,17-20H,5,8-16H2,1-2H3,(H,26,31). The molecule has 37 heavy (non-hydrogen) atoms. The third kappa shape index (κ3) is 5.13. The average Bonchev–Trinajstić information content (AvgIpc) is 3.44. The lowest BCUT2D eigenvalue weighted by molar-refractivity contribution is 0.0885. The summed E-state index contributed by atoms with van der Waals surface area (Å²) < 4.78 is 31.3. The van der Waals surface area contributed by atoms with Crippen LogP contribution in [0, 0.1) is 0 Å². The van der Waals surface area contributed by atoms with Crippen molar-refractivity contribution in [2.45, 2.75) is 70.1 Å². The second kappa shape index (κ2) is 10.1. The van der Waals surface area contributed by atoms with Gasteiger partial charge in [-0.25, -0.2) is 27.4 Å². The summed E-state index contributed by atoms with van der Waals surface area (Å²) in [5, 5.41) is 3.12. The van der Waals surface area contributed by atoms with Crippen LogP contribution in [-0.2, 0) is 14.6 Å². The van der Waals surface area contributed by atoms with Crippen LogP contribution >= 0.6 is 0 Å². The summed E-state index contributed by atoms with van der Waals surface area (Å²) >= 11 is 0. The van der Waals surface area contributed by atoms with Crippen LogP contribution in [-0.4, -0.2) is 88.9 Å². The van der Waals surface area contributed by atoms with E-state index in [1.165, 1.54) is 9.47 Å². The van der Waals surface area contributed by atoms with E-state index in [2.05, 4.69) is 10.2 Å². The Morgan fingerprint density at radius 2 is 1.78 bits per heavy atom. The zero-order valence-electron chi connectivity index (χ0n) is 21.3. The molecule has 3 saturated heterocycles. The number of sulfone groups is 1. The highest BCUT2D eigenvalue weighted by Gasteiger charge is 2.41. The number of ether oxygens (including phenoxy) is 1. The average molecular weight is 534 g/mol. The predicted molar refractivity (Wildman–Crippen MR) is 138 cm³/mol. The van der Waals surface area contributed by atoms with Gasteiger partial charge in [-0.05, 0) is 58.1 Å². The summed E-state index contributed by atoms with van der Waals surface area (Å²) in [6.07, 6.45) is 3.82. The van der Waals surface area contributed by atoms with E-state index in [0.717, 1.165) is 37.7 Å². The molecule has 3 fully saturated rings. The SMILES string of the molecule is CC(C)n1c(=O)n(C(=O)NC2CC3CCC(C2)N3CCCOC(=O)N2CCS(=O)(=O)C2)c2ccccc21. The number of carbonyl (C=O) groups is 2. The topological polar surface area (TPSA) is 123 Å². The van der Waals surface area contributed by atoms with Gasteiger partial charge in [0.1, 0.15) is 5.88 Å². The number of nitrogens with one attached hydrogen (secondary N) is 1. The van der Waals surface area contributed by atoms with Crippen LogP contribution in [0.2, 0.25) is 0 Å². The molecule has 11 nitrogen and oxygen atoms in total. The Balaban J connectivity index is 1.15. The number of piperidine rings is 1. The molecule has 4 heterocycles. The zero-order valence-corrected chi connectivity index (χ0v) is 22.2. The Kier molecular flexibility index (Phi) is 7.06. The number of amides is 2. The van der Waals surface area contributed by atoms with E-state index >= 15 is 0 Å². The van der Waals surface area contributed by atoms with Gasteiger partial charge in [-0.3, -0.25) is 14.4 Å². The van der Waals surface area contributed by atoms with Crippen LogP contribution in [0.4, 0.5) is 9.59 Å². The first-order valence-corrected chi connectivity index (χ1v) is 14.9. The van der Waals surface area contributed by atoms with Crippen molar-refractivity contribution in [1.82, 2.24) is 24.3 Å². The molecule has 2 aromatic rings. The fraction of sp³-hybridized carbons (Fsp3) is 0.640. The van der Waals surface area contributed by atoms with Crippen LogP contribution in [0.1, 0.15) is 52.0 Å². The van der Waals surface area contributed by atoms with Gasteiger partial charge >= 0.3 is 17.8 Å². The summed E-state index contributed by atoms with van der Waals surface area (Å²) in [5.74, 6) is -0.273. The van der Waals surface area contributed by atoms with Gasteiger partial charge in [-0.2, -0.15) is 0 Å². The Morgan fingerprint density at radius 3 is 2.41 bits per heavy atom. The monoisotopic (exact) mass is 533 g/mol. The molecule has 0 spiro atoms. The second-order valence-corrected chi connectivity index (χ2v) is 12.8. The molecule has 0 aliphatic carbocycles. The lowest BCUT2D eigenvalue weighted by Gasteiger charge is -2.39. The summed E-state index contributed by atoms with van der Waals surface area (Å²) in [4.78, 5) is 42.1. The first kappa shape index (κ1) is 25.8. The van der Waals surface area contributed by atoms with Gasteiger partial charge in [0.25, 0.3) is 0 Å². The van der Waals surface area contributed by atoms with E-state index in [-0.39, 0.29) is 48.6 Å². The lowest BCUT2D eigenvalue weighted by atomic mass is 9.97. The van der Waals surface area contributed by atoms with Crippen LogP contribution in [0.5, 0.6) is 0 Å². The van der Waals surface area contributed by atoms with Crippen molar-refractivity contribution in [2.75, 3.05) is 31.3 Å². The fourth-order valence-electron chi connectivity index (χ4n) is 6.12. The van der Waals surface area contributed by atoms with E-state index in [1.54, 1.807) is 10.6 Å². The van der Waals surface area contributed by atoms with E-state index in [9.17, 15) is 22.8 Å². The number of para-hydroxylation sites is 2. The van der Waals surface area contributed by atoms with Crippen molar-refractivity contribution in [3.8, 4) is 0 Å². The Labute approximate surface area is 216 Å². The molecule has 2 amide bonds. The van der Waals surface area contributed by atoms with Crippen LogP contribution in [0.15, 0.2) is 29.1 Å². The van der Waals surface area contributed by atoms with Crippen LogP contribution < -0.4 is 11.0 Å². The Morgan fingerprint density at radius 1 is 1.11 bits per heavy atom. The third-order valence-electron chi connectivity index (χ3n) is 7.78. The molecule has 1 N–H and O–H groups in total. The Bertz CT molecular complexity index is 1340. The summed E-state index contributed by atoms with van der Waals surface area (Å²) in [7, 11) is -3.18. The largest absolute Gasteiger partial charge is 0.449 e. The quantitative estimate of drug-likeness (QED) is 0.565. The van der Waals surface area contributed by atoms with Crippen molar-refractivity contribution in [1.29, 1.82) is 0 Å². The molecule has 1 aromatic heterocycles. The fourth-order valence-corrected chi connectivity index (χ4v) is 7.46. The summed E-state index contributed by atoms with van der Waals surface area (Å²) in [6, 6.07) is 7.58. The predicted octanol–water partition coefficient (Wildman–Crippen LogP) is 2.15. The molecule has 3 aliphatic heterocycles. The maximum atomic E-state index is 13.3. The summed E-state index contributed by atoms with van der Waals surface area (Å²) in [6.45, 7) is 5.08. The van der Waals surface area contributed by atoms with E-state index in [0.29, 0.717) is 24.0 Å². The number of nitrogens with zero attached hydrogens (tertiary/aromatic N) is 4. The van der Waals surface area contributed by atoms with Gasteiger partial charge in [0.2, 0.25) is 0 Å². The zero-order chi connectivity index (χ0) is 26.3. The maximum Gasteiger partial charge on any atom is 0.410 e. The third-order valence-corrected chi connectivity index (χ3v) is 9.29. The minimum atomic E-state index is -3.18. The molecule has 12 heteroatoms. The van der Waals surface area contributed by atoms with Gasteiger partial charge in [-0.1, -0.05) is 12.1 Å². The van der Waals surface area contributed by atoms with Gasteiger partial charge in [0.05, 0.1) is 23.4 Å². The number of hydrogen-bond acceptors (Lipinski definition) is 7. The normalized spacial score (nSPS) is 25.2. The molecule has 1 aromatic carbocycles. The number of benzene rings is 1. The van der Waals surface area contributed by atoms with Crippen molar-refractivity contribution >= 4 is 33.0 Å². The van der Waals surface area contributed by atoms with Crippen LogP contribution in [0.25, 0.3) is 11.0 Å². The van der Waals surface area contributed by atoms with Crippen molar-refractivity contribution in [3.05, 3.63) is 34.7 Å². The molecule has 0 radical (unpaired) electrons. The lowest BCUT2D eigenvalue weighted by Crippen LogP contribution is -2.52. The van der Waals surface area contributed by atoms with Crippen molar-refractivity contribution in [3.63, 3.8) is 0 Å². The van der Waals surface area contributed by atoms with Gasteiger partial charge < -0.3 is 10.1 Å². The minimum absolute atomic E-state index is 0.00857. The maximum absolute atomic E-state index is 13.3. The molecule has 202 valence electrons. The first-order chi connectivity index (χ1) is 17.6. The molecule has 2 unspecified atom stereocenters.